The molecular formula is C17H17NO2. The smallest absolute Gasteiger partial charge is 0.193 e. The molecule has 0 aromatic heterocycles. The average Bonchev–Trinajstić information content (AvgIpc) is 2.94. The fourth-order valence-corrected chi connectivity index (χ4v) is 2.52. The Balaban J connectivity index is 1.90. The minimum atomic E-state index is 0.0673. The number of hydrogen-bond acceptors (Lipinski definition) is 3. The van der Waals surface area contributed by atoms with Crippen molar-refractivity contribution in [2.45, 2.75) is 13.0 Å². The second kappa shape index (κ2) is 5.47. The molecule has 0 radical (unpaired) electrons. The van der Waals surface area contributed by atoms with E-state index in [-0.39, 0.29) is 5.78 Å². The van der Waals surface area contributed by atoms with Gasteiger partial charge in [-0.1, -0.05) is 18.2 Å². The molecule has 20 heavy (non-hydrogen) atoms. The second-order valence-corrected chi connectivity index (χ2v) is 4.98. The molecule has 0 aliphatic carbocycles. The maximum atomic E-state index is 12.5. The summed E-state index contributed by atoms with van der Waals surface area (Å²) in [5.74, 6) is 0.975. The van der Waals surface area contributed by atoms with E-state index in [4.69, 9.17) is 4.74 Å². The first-order valence-corrected chi connectivity index (χ1v) is 6.82. The lowest BCUT2D eigenvalue weighted by atomic mass is 9.99. The van der Waals surface area contributed by atoms with Crippen LogP contribution in [-0.2, 0) is 13.0 Å². The highest BCUT2D eigenvalue weighted by molar-refractivity contribution is 6.09. The van der Waals surface area contributed by atoms with E-state index in [1.54, 1.807) is 0 Å². The average molecular weight is 267 g/mol. The van der Waals surface area contributed by atoms with Gasteiger partial charge in [-0.05, 0) is 42.4 Å². The van der Waals surface area contributed by atoms with E-state index < -0.39 is 0 Å². The Bertz CT molecular complexity index is 649. The number of nitrogens with one attached hydrogen (secondary N) is 1. The molecule has 102 valence electrons. The van der Waals surface area contributed by atoms with Gasteiger partial charge in [0.15, 0.2) is 5.78 Å². The maximum Gasteiger partial charge on any atom is 0.193 e. The summed E-state index contributed by atoms with van der Waals surface area (Å²) in [5, 5.41) is 3.10. The number of rotatable bonds is 4. The third kappa shape index (κ3) is 2.45. The molecule has 0 atom stereocenters. The van der Waals surface area contributed by atoms with Crippen LogP contribution in [0.3, 0.4) is 0 Å². The monoisotopic (exact) mass is 267 g/mol. The zero-order valence-electron chi connectivity index (χ0n) is 11.5. The first kappa shape index (κ1) is 12.9. The van der Waals surface area contributed by atoms with Crippen molar-refractivity contribution in [2.24, 2.45) is 0 Å². The third-order valence-electron chi connectivity index (χ3n) is 3.52. The first-order valence-electron chi connectivity index (χ1n) is 6.82. The second-order valence-electron chi connectivity index (χ2n) is 4.98. The fourth-order valence-electron chi connectivity index (χ4n) is 2.52. The number of fused-ring (bicyclic) bond motifs is 1. The summed E-state index contributed by atoms with van der Waals surface area (Å²) in [6.07, 6.45) is 0.885. The van der Waals surface area contributed by atoms with Gasteiger partial charge in [0.25, 0.3) is 0 Å². The molecule has 3 rings (SSSR count). The lowest BCUT2D eigenvalue weighted by Gasteiger charge is -2.06. The lowest BCUT2D eigenvalue weighted by Crippen LogP contribution is -2.07. The summed E-state index contributed by atoms with van der Waals surface area (Å²) in [6, 6.07) is 13.5. The van der Waals surface area contributed by atoms with E-state index in [0.717, 1.165) is 41.0 Å². The highest BCUT2D eigenvalue weighted by Gasteiger charge is 2.16. The van der Waals surface area contributed by atoms with Crippen LogP contribution in [0, 0.1) is 0 Å². The van der Waals surface area contributed by atoms with Crippen molar-refractivity contribution >= 4 is 5.78 Å². The van der Waals surface area contributed by atoms with E-state index in [0.29, 0.717) is 6.61 Å². The summed E-state index contributed by atoms with van der Waals surface area (Å²) in [5.41, 5.74) is 3.71. The van der Waals surface area contributed by atoms with E-state index in [2.05, 4.69) is 5.32 Å². The van der Waals surface area contributed by atoms with Crippen LogP contribution in [0.1, 0.15) is 27.0 Å². The number of hydrogen-bond donors (Lipinski definition) is 1. The molecule has 0 bridgehead atoms. The van der Waals surface area contributed by atoms with Crippen molar-refractivity contribution in [2.75, 3.05) is 13.7 Å². The predicted molar refractivity (Wildman–Crippen MR) is 78.3 cm³/mol. The largest absolute Gasteiger partial charge is 0.493 e. The molecule has 3 nitrogen and oxygen atoms in total. The standard InChI is InChI=1S/C17H17NO2/c1-18-11-12-3-2-4-14(9-12)17(19)15-5-6-16-13(10-15)7-8-20-16/h2-6,9-10,18H,7-8,11H2,1H3. The lowest BCUT2D eigenvalue weighted by molar-refractivity contribution is 0.103. The zero-order chi connectivity index (χ0) is 13.9. The van der Waals surface area contributed by atoms with Crippen molar-refractivity contribution < 1.29 is 9.53 Å². The number of ketones is 1. The minimum Gasteiger partial charge on any atom is -0.493 e. The maximum absolute atomic E-state index is 12.5. The van der Waals surface area contributed by atoms with E-state index in [1.807, 2.05) is 49.5 Å². The van der Waals surface area contributed by atoms with Crippen LogP contribution in [0.25, 0.3) is 0 Å². The summed E-state index contributed by atoms with van der Waals surface area (Å²) in [4.78, 5) is 12.5. The molecule has 0 amide bonds. The van der Waals surface area contributed by atoms with Gasteiger partial charge in [-0.25, -0.2) is 0 Å². The van der Waals surface area contributed by atoms with Gasteiger partial charge < -0.3 is 10.1 Å². The SMILES string of the molecule is CNCc1cccc(C(=O)c2ccc3c(c2)CCO3)c1. The van der Waals surface area contributed by atoms with Gasteiger partial charge >= 0.3 is 0 Å². The van der Waals surface area contributed by atoms with Crippen molar-refractivity contribution in [3.05, 3.63) is 64.7 Å². The van der Waals surface area contributed by atoms with Crippen molar-refractivity contribution in [1.29, 1.82) is 0 Å². The quantitative estimate of drug-likeness (QED) is 0.865. The minimum absolute atomic E-state index is 0.0673. The Labute approximate surface area is 118 Å². The van der Waals surface area contributed by atoms with Gasteiger partial charge in [0.05, 0.1) is 6.61 Å². The summed E-state index contributed by atoms with van der Waals surface area (Å²) >= 11 is 0. The molecular weight excluding hydrogens is 250 g/mol. The molecule has 0 saturated heterocycles. The van der Waals surface area contributed by atoms with Crippen LogP contribution in [0.2, 0.25) is 0 Å². The topological polar surface area (TPSA) is 38.3 Å². The Kier molecular flexibility index (Phi) is 3.52. The predicted octanol–water partition coefficient (Wildman–Crippen LogP) is 2.57. The van der Waals surface area contributed by atoms with Crippen molar-refractivity contribution in [1.82, 2.24) is 5.32 Å². The molecule has 1 aliphatic heterocycles. The Morgan fingerprint density at radius 1 is 1.20 bits per heavy atom. The molecule has 0 spiro atoms. The third-order valence-corrected chi connectivity index (χ3v) is 3.52. The molecule has 0 fully saturated rings. The summed E-state index contributed by atoms with van der Waals surface area (Å²) in [7, 11) is 1.90. The van der Waals surface area contributed by atoms with E-state index in [1.165, 1.54) is 0 Å². The van der Waals surface area contributed by atoms with Crippen LogP contribution >= 0.6 is 0 Å². The number of carbonyl (C=O) groups excluding carboxylic acids is 1. The Morgan fingerprint density at radius 3 is 2.90 bits per heavy atom. The number of benzene rings is 2. The molecule has 1 N–H and O–H groups in total. The molecule has 0 saturated carbocycles. The van der Waals surface area contributed by atoms with Crippen LogP contribution in [0.4, 0.5) is 0 Å². The molecule has 0 unspecified atom stereocenters. The van der Waals surface area contributed by atoms with Gasteiger partial charge in [-0.3, -0.25) is 4.79 Å². The number of ether oxygens (including phenoxy) is 1. The van der Waals surface area contributed by atoms with Gasteiger partial charge in [-0.15, -0.1) is 0 Å². The summed E-state index contributed by atoms with van der Waals surface area (Å²) < 4.78 is 5.47. The van der Waals surface area contributed by atoms with Gasteiger partial charge in [-0.2, -0.15) is 0 Å². The molecule has 2 aromatic rings. The highest BCUT2D eigenvalue weighted by Crippen LogP contribution is 2.26. The van der Waals surface area contributed by atoms with E-state index >= 15 is 0 Å². The van der Waals surface area contributed by atoms with Gasteiger partial charge in [0, 0.05) is 24.1 Å². The molecule has 2 aromatic carbocycles. The van der Waals surface area contributed by atoms with Crippen molar-refractivity contribution in [3.63, 3.8) is 0 Å². The van der Waals surface area contributed by atoms with Crippen LogP contribution in [0.5, 0.6) is 5.75 Å². The van der Waals surface area contributed by atoms with Crippen LogP contribution < -0.4 is 10.1 Å². The Hall–Kier alpha value is -2.13. The normalized spacial score (nSPS) is 12.8. The zero-order valence-corrected chi connectivity index (χ0v) is 11.5. The molecule has 1 aliphatic rings. The Morgan fingerprint density at radius 2 is 2.05 bits per heavy atom. The van der Waals surface area contributed by atoms with Gasteiger partial charge in [0.2, 0.25) is 0 Å². The number of carbonyl (C=O) groups is 1. The first-order chi connectivity index (χ1) is 9.78. The molecule has 3 heteroatoms. The fraction of sp³-hybridized carbons (Fsp3) is 0.235. The highest BCUT2D eigenvalue weighted by atomic mass is 16.5. The summed E-state index contributed by atoms with van der Waals surface area (Å²) in [6.45, 7) is 1.48. The van der Waals surface area contributed by atoms with Crippen molar-refractivity contribution in [3.8, 4) is 5.75 Å². The van der Waals surface area contributed by atoms with Gasteiger partial charge in [0.1, 0.15) is 5.75 Å². The van der Waals surface area contributed by atoms with Crippen LogP contribution in [0.15, 0.2) is 42.5 Å². The van der Waals surface area contributed by atoms with Crippen LogP contribution in [-0.4, -0.2) is 19.4 Å². The molecule has 1 heterocycles. The van der Waals surface area contributed by atoms with E-state index in [9.17, 15) is 4.79 Å².